The molecule has 0 radical (unpaired) electrons. The lowest BCUT2D eigenvalue weighted by Gasteiger charge is -2.04. The highest BCUT2D eigenvalue weighted by molar-refractivity contribution is 5.21. The van der Waals surface area contributed by atoms with E-state index >= 15 is 0 Å². The average Bonchev–Trinajstić information content (AvgIpc) is 2.67. The summed E-state index contributed by atoms with van der Waals surface area (Å²) < 4.78 is 14.3. The van der Waals surface area contributed by atoms with Gasteiger partial charge in [-0.1, -0.05) is 0 Å². The number of anilines is 1. The molecule has 0 aliphatic rings. The van der Waals surface area contributed by atoms with Crippen molar-refractivity contribution >= 4 is 5.95 Å². The average molecular weight is 221 g/mol. The van der Waals surface area contributed by atoms with Gasteiger partial charge >= 0.3 is 0 Å². The minimum Gasteiger partial charge on any atom is -0.352 e. The third-order valence-corrected chi connectivity index (χ3v) is 2.01. The van der Waals surface area contributed by atoms with E-state index in [0.29, 0.717) is 19.0 Å². The van der Waals surface area contributed by atoms with Crippen molar-refractivity contribution in [3.8, 4) is 0 Å². The number of nitrogens with one attached hydrogen (secondary N) is 1. The van der Waals surface area contributed by atoms with E-state index in [2.05, 4.69) is 20.4 Å². The molecule has 16 heavy (non-hydrogen) atoms. The first kappa shape index (κ1) is 10.5. The Morgan fingerprint density at radius 1 is 1.31 bits per heavy atom. The van der Waals surface area contributed by atoms with Crippen molar-refractivity contribution in [3.05, 3.63) is 36.2 Å². The molecule has 0 aromatic carbocycles. The van der Waals surface area contributed by atoms with Crippen LogP contribution in [0.15, 0.2) is 24.8 Å². The lowest BCUT2D eigenvalue weighted by Crippen LogP contribution is -2.12. The fourth-order valence-electron chi connectivity index (χ4n) is 1.28. The first-order valence-corrected chi connectivity index (χ1v) is 4.94. The van der Waals surface area contributed by atoms with Crippen molar-refractivity contribution in [3.63, 3.8) is 0 Å². The molecule has 0 saturated heterocycles. The summed E-state index contributed by atoms with van der Waals surface area (Å²) in [6, 6.07) is 0. The van der Waals surface area contributed by atoms with Gasteiger partial charge in [-0.2, -0.15) is 5.10 Å². The van der Waals surface area contributed by atoms with Gasteiger partial charge in [-0.3, -0.25) is 4.68 Å². The van der Waals surface area contributed by atoms with Gasteiger partial charge in [-0.05, 0) is 12.5 Å². The highest BCUT2D eigenvalue weighted by Crippen LogP contribution is 1.98. The normalized spacial score (nSPS) is 10.4. The smallest absolute Gasteiger partial charge is 0.222 e. The van der Waals surface area contributed by atoms with Crippen molar-refractivity contribution in [1.82, 2.24) is 19.7 Å². The van der Waals surface area contributed by atoms with Crippen LogP contribution in [0.2, 0.25) is 0 Å². The second kappa shape index (κ2) is 4.69. The zero-order valence-electron chi connectivity index (χ0n) is 8.89. The van der Waals surface area contributed by atoms with Gasteiger partial charge in [0.25, 0.3) is 0 Å². The third kappa shape index (κ3) is 2.75. The molecule has 0 unspecified atom stereocenters. The Bertz CT molecular complexity index is 450. The Hall–Kier alpha value is -1.98. The van der Waals surface area contributed by atoms with E-state index in [9.17, 15) is 4.39 Å². The molecular formula is C10H12FN5. The summed E-state index contributed by atoms with van der Waals surface area (Å²) in [5.41, 5.74) is 1.12. The van der Waals surface area contributed by atoms with Crippen molar-refractivity contribution in [2.75, 3.05) is 11.9 Å². The fraction of sp³-hybridized carbons (Fsp3) is 0.300. The predicted octanol–water partition coefficient (Wildman–Crippen LogP) is 1.23. The standard InChI is InChI=1S/C10H12FN5/c1-8-4-15-16(7-8)3-2-12-10-13-5-9(11)6-14-10/h4-7H,2-3H2,1H3,(H,12,13,14). The lowest BCUT2D eigenvalue weighted by molar-refractivity contribution is 0.611. The van der Waals surface area contributed by atoms with Crippen molar-refractivity contribution in [1.29, 1.82) is 0 Å². The molecular weight excluding hydrogens is 209 g/mol. The molecule has 0 aliphatic carbocycles. The first-order chi connectivity index (χ1) is 7.74. The summed E-state index contributed by atoms with van der Waals surface area (Å²) in [5, 5.41) is 7.12. The molecule has 0 atom stereocenters. The van der Waals surface area contributed by atoms with Crippen LogP contribution in [0, 0.1) is 12.7 Å². The number of rotatable bonds is 4. The Morgan fingerprint density at radius 2 is 2.06 bits per heavy atom. The summed E-state index contributed by atoms with van der Waals surface area (Å²) in [6.45, 7) is 3.35. The van der Waals surface area contributed by atoms with E-state index in [1.54, 1.807) is 6.20 Å². The van der Waals surface area contributed by atoms with Crippen LogP contribution in [0.1, 0.15) is 5.56 Å². The monoisotopic (exact) mass is 221 g/mol. The van der Waals surface area contributed by atoms with Gasteiger partial charge in [0.2, 0.25) is 5.95 Å². The molecule has 0 fully saturated rings. The second-order valence-corrected chi connectivity index (χ2v) is 3.43. The molecule has 0 saturated carbocycles. The zero-order chi connectivity index (χ0) is 11.4. The van der Waals surface area contributed by atoms with Gasteiger partial charge in [0, 0.05) is 12.7 Å². The highest BCUT2D eigenvalue weighted by atomic mass is 19.1. The predicted molar refractivity (Wildman–Crippen MR) is 57.4 cm³/mol. The second-order valence-electron chi connectivity index (χ2n) is 3.43. The molecule has 6 heteroatoms. The Kier molecular flexibility index (Phi) is 3.09. The number of hydrogen-bond donors (Lipinski definition) is 1. The van der Waals surface area contributed by atoms with Gasteiger partial charge in [0.1, 0.15) is 0 Å². The van der Waals surface area contributed by atoms with Crippen molar-refractivity contribution in [2.24, 2.45) is 0 Å². The number of halogens is 1. The summed E-state index contributed by atoms with van der Waals surface area (Å²) in [7, 11) is 0. The van der Waals surface area contributed by atoms with Crippen LogP contribution in [0.25, 0.3) is 0 Å². The quantitative estimate of drug-likeness (QED) is 0.843. The molecule has 2 heterocycles. The van der Waals surface area contributed by atoms with Gasteiger partial charge in [-0.15, -0.1) is 0 Å². The van der Waals surface area contributed by atoms with Crippen LogP contribution in [0.4, 0.5) is 10.3 Å². The lowest BCUT2D eigenvalue weighted by atomic mass is 10.4. The van der Waals surface area contributed by atoms with Crippen molar-refractivity contribution in [2.45, 2.75) is 13.5 Å². The van der Waals surface area contributed by atoms with Crippen LogP contribution < -0.4 is 5.32 Å². The van der Waals surface area contributed by atoms with Gasteiger partial charge < -0.3 is 5.32 Å². The molecule has 0 spiro atoms. The fourth-order valence-corrected chi connectivity index (χ4v) is 1.28. The van der Waals surface area contributed by atoms with Crippen LogP contribution in [-0.2, 0) is 6.54 Å². The largest absolute Gasteiger partial charge is 0.352 e. The number of aromatic nitrogens is 4. The first-order valence-electron chi connectivity index (χ1n) is 4.94. The Labute approximate surface area is 92.3 Å². The maximum Gasteiger partial charge on any atom is 0.222 e. The summed E-state index contributed by atoms with van der Waals surface area (Å²) in [4.78, 5) is 7.58. The summed E-state index contributed by atoms with van der Waals surface area (Å²) in [5.74, 6) is -0.0153. The number of hydrogen-bond acceptors (Lipinski definition) is 4. The topological polar surface area (TPSA) is 55.6 Å². The molecule has 84 valence electrons. The van der Waals surface area contributed by atoms with Crippen LogP contribution in [0.3, 0.4) is 0 Å². The molecule has 0 amide bonds. The highest BCUT2D eigenvalue weighted by Gasteiger charge is 1.97. The van der Waals surface area contributed by atoms with E-state index in [4.69, 9.17) is 0 Å². The van der Waals surface area contributed by atoms with E-state index in [-0.39, 0.29) is 0 Å². The maximum absolute atomic E-state index is 12.5. The SMILES string of the molecule is Cc1cnn(CCNc2ncc(F)cn2)c1. The van der Waals surface area contributed by atoms with Crippen LogP contribution >= 0.6 is 0 Å². The minimum absolute atomic E-state index is 0.422. The van der Waals surface area contributed by atoms with Crippen LogP contribution in [-0.4, -0.2) is 26.3 Å². The molecule has 2 rings (SSSR count). The minimum atomic E-state index is -0.437. The summed E-state index contributed by atoms with van der Waals surface area (Å²) in [6.07, 6.45) is 6.02. The Balaban J connectivity index is 1.82. The van der Waals surface area contributed by atoms with Gasteiger partial charge in [-0.25, -0.2) is 14.4 Å². The van der Waals surface area contributed by atoms with E-state index in [1.165, 1.54) is 0 Å². The maximum atomic E-state index is 12.5. The van der Waals surface area contributed by atoms with E-state index in [1.807, 2.05) is 17.8 Å². The molecule has 2 aromatic rings. The number of aryl methyl sites for hydroxylation is 1. The zero-order valence-corrected chi connectivity index (χ0v) is 8.89. The van der Waals surface area contributed by atoms with E-state index < -0.39 is 5.82 Å². The van der Waals surface area contributed by atoms with Gasteiger partial charge in [0.05, 0.1) is 25.1 Å². The van der Waals surface area contributed by atoms with Crippen molar-refractivity contribution < 1.29 is 4.39 Å². The molecule has 5 nitrogen and oxygen atoms in total. The molecule has 1 N–H and O–H groups in total. The molecule has 0 aliphatic heterocycles. The molecule has 0 bridgehead atoms. The Morgan fingerprint density at radius 3 is 2.69 bits per heavy atom. The van der Waals surface area contributed by atoms with E-state index in [0.717, 1.165) is 18.0 Å². The molecule has 2 aromatic heterocycles. The summed E-state index contributed by atoms with van der Waals surface area (Å²) >= 11 is 0. The van der Waals surface area contributed by atoms with Gasteiger partial charge in [0.15, 0.2) is 5.82 Å². The number of nitrogens with zero attached hydrogens (tertiary/aromatic N) is 4. The third-order valence-electron chi connectivity index (χ3n) is 2.01. The van der Waals surface area contributed by atoms with Crippen LogP contribution in [0.5, 0.6) is 0 Å².